The van der Waals surface area contributed by atoms with E-state index < -0.39 is 0 Å². The topological polar surface area (TPSA) is 69.3 Å². The smallest absolute Gasteiger partial charge is 0.244 e. The fraction of sp³-hybridized carbons (Fsp3) is 0.400. The summed E-state index contributed by atoms with van der Waals surface area (Å²) in [4.78, 5) is 27.7. The summed E-state index contributed by atoms with van der Waals surface area (Å²) in [6.45, 7) is 2.97. The van der Waals surface area contributed by atoms with Gasteiger partial charge in [-0.1, -0.05) is 6.07 Å². The molecule has 0 spiro atoms. The maximum Gasteiger partial charge on any atom is 0.244 e. The molecule has 1 unspecified atom stereocenters. The van der Waals surface area contributed by atoms with Crippen LogP contribution in [0.1, 0.15) is 12.5 Å². The lowest BCUT2D eigenvalue weighted by Crippen LogP contribution is -2.56. The minimum Gasteiger partial charge on any atom is -0.342 e. The van der Waals surface area contributed by atoms with Crippen molar-refractivity contribution in [2.75, 3.05) is 20.1 Å². The number of aromatic nitrogens is 2. The van der Waals surface area contributed by atoms with Gasteiger partial charge in [-0.25, -0.2) is 0 Å². The predicted octanol–water partition coefficient (Wildman–Crippen LogP) is 0.794. The number of amides is 2. The number of H-pyrrole nitrogens is 1. The molecule has 0 saturated carbocycles. The first-order chi connectivity index (χ1) is 10.1. The maximum absolute atomic E-state index is 12.4. The lowest BCUT2D eigenvalue weighted by atomic mass is 10.1. The van der Waals surface area contributed by atoms with Crippen molar-refractivity contribution in [1.29, 1.82) is 0 Å². The maximum atomic E-state index is 12.4. The summed E-state index contributed by atoms with van der Waals surface area (Å²) < 4.78 is 0. The van der Waals surface area contributed by atoms with E-state index in [2.05, 4.69) is 10.2 Å². The second kappa shape index (κ2) is 5.20. The fourth-order valence-corrected chi connectivity index (χ4v) is 2.73. The minimum atomic E-state index is -0.381. The summed E-state index contributed by atoms with van der Waals surface area (Å²) in [6, 6.07) is 5.41. The van der Waals surface area contributed by atoms with Crippen molar-refractivity contribution in [1.82, 2.24) is 20.0 Å². The third kappa shape index (κ3) is 2.49. The standard InChI is InChI=1S/C15H18N4O2/c1-10-15(21)18(2)5-6-19(10)14(20)8-11-3-4-13-12(7-11)9-16-17-13/h3-4,7,9-10H,5-6,8H2,1-2H3,(H,16,17). The van der Waals surface area contributed by atoms with Gasteiger partial charge in [-0.05, 0) is 24.6 Å². The highest BCUT2D eigenvalue weighted by atomic mass is 16.2. The summed E-state index contributed by atoms with van der Waals surface area (Å²) >= 11 is 0. The van der Waals surface area contributed by atoms with E-state index in [4.69, 9.17) is 0 Å². The molecular weight excluding hydrogens is 268 g/mol. The molecule has 21 heavy (non-hydrogen) atoms. The Hall–Kier alpha value is -2.37. The van der Waals surface area contributed by atoms with Crippen LogP contribution in [0.4, 0.5) is 0 Å². The molecule has 1 fully saturated rings. The molecule has 2 amide bonds. The summed E-state index contributed by atoms with van der Waals surface area (Å²) in [7, 11) is 1.77. The third-order valence-electron chi connectivity index (χ3n) is 4.06. The SMILES string of the molecule is CC1C(=O)N(C)CCN1C(=O)Cc1ccc2[nH]ncc2c1. The number of piperazine rings is 1. The van der Waals surface area contributed by atoms with E-state index in [0.717, 1.165) is 16.5 Å². The van der Waals surface area contributed by atoms with Crippen LogP contribution in [0.25, 0.3) is 10.9 Å². The molecular formula is C15H18N4O2. The van der Waals surface area contributed by atoms with Gasteiger partial charge in [0.2, 0.25) is 11.8 Å². The largest absolute Gasteiger partial charge is 0.342 e. The van der Waals surface area contributed by atoms with Gasteiger partial charge < -0.3 is 9.80 Å². The highest BCUT2D eigenvalue weighted by molar-refractivity contribution is 5.89. The zero-order valence-corrected chi connectivity index (χ0v) is 12.2. The second-order valence-corrected chi connectivity index (χ2v) is 5.49. The summed E-state index contributed by atoms with van der Waals surface area (Å²) in [6.07, 6.45) is 2.05. The molecule has 2 aromatic rings. The Morgan fingerprint density at radius 1 is 1.43 bits per heavy atom. The van der Waals surface area contributed by atoms with Crippen LogP contribution in [0.15, 0.2) is 24.4 Å². The van der Waals surface area contributed by atoms with Crippen molar-refractivity contribution < 1.29 is 9.59 Å². The molecule has 1 aromatic heterocycles. The van der Waals surface area contributed by atoms with Crippen molar-refractivity contribution in [3.63, 3.8) is 0 Å². The monoisotopic (exact) mass is 286 g/mol. The Labute approximate surface area is 122 Å². The number of rotatable bonds is 2. The number of nitrogens with zero attached hydrogens (tertiary/aromatic N) is 3. The van der Waals surface area contributed by atoms with E-state index in [1.807, 2.05) is 18.2 Å². The van der Waals surface area contributed by atoms with Crippen LogP contribution in [0.2, 0.25) is 0 Å². The van der Waals surface area contributed by atoms with Crippen molar-refractivity contribution >= 4 is 22.7 Å². The Morgan fingerprint density at radius 2 is 2.24 bits per heavy atom. The molecule has 1 aliphatic heterocycles. The number of carbonyl (C=O) groups is 2. The summed E-state index contributed by atoms with van der Waals surface area (Å²) in [5, 5.41) is 7.85. The second-order valence-electron chi connectivity index (χ2n) is 5.49. The van der Waals surface area contributed by atoms with Gasteiger partial charge in [0, 0.05) is 25.5 Å². The van der Waals surface area contributed by atoms with Gasteiger partial charge in [0.05, 0.1) is 18.1 Å². The van der Waals surface area contributed by atoms with E-state index >= 15 is 0 Å². The van der Waals surface area contributed by atoms with Gasteiger partial charge in [0.1, 0.15) is 6.04 Å². The lowest BCUT2D eigenvalue weighted by molar-refractivity contribution is -0.149. The minimum absolute atomic E-state index is 0.000105. The third-order valence-corrected chi connectivity index (χ3v) is 4.06. The zero-order valence-electron chi connectivity index (χ0n) is 12.2. The molecule has 2 heterocycles. The van der Waals surface area contributed by atoms with E-state index in [-0.39, 0.29) is 17.9 Å². The van der Waals surface area contributed by atoms with Crippen LogP contribution in [0, 0.1) is 0 Å². The molecule has 6 heteroatoms. The number of hydrogen-bond acceptors (Lipinski definition) is 3. The van der Waals surface area contributed by atoms with E-state index in [1.165, 1.54) is 0 Å². The van der Waals surface area contributed by atoms with Gasteiger partial charge in [-0.15, -0.1) is 0 Å². The van der Waals surface area contributed by atoms with Gasteiger partial charge in [0.25, 0.3) is 0 Å². The quantitative estimate of drug-likeness (QED) is 0.887. The van der Waals surface area contributed by atoms with Gasteiger partial charge in [0.15, 0.2) is 0 Å². The van der Waals surface area contributed by atoms with Crippen molar-refractivity contribution in [2.45, 2.75) is 19.4 Å². The number of benzene rings is 1. The zero-order chi connectivity index (χ0) is 15.0. The van der Waals surface area contributed by atoms with Gasteiger partial charge >= 0.3 is 0 Å². The molecule has 0 radical (unpaired) electrons. The highest BCUT2D eigenvalue weighted by Gasteiger charge is 2.32. The Balaban J connectivity index is 1.75. The highest BCUT2D eigenvalue weighted by Crippen LogP contribution is 2.16. The molecule has 6 nitrogen and oxygen atoms in total. The molecule has 3 rings (SSSR count). The summed E-state index contributed by atoms with van der Waals surface area (Å²) in [5.74, 6) is -0.00770. The van der Waals surface area contributed by atoms with Crippen LogP contribution in [0.5, 0.6) is 0 Å². The average molecular weight is 286 g/mol. The Kier molecular flexibility index (Phi) is 3.37. The first kappa shape index (κ1) is 13.6. The number of carbonyl (C=O) groups excluding carboxylic acids is 2. The van der Waals surface area contributed by atoms with E-state index in [9.17, 15) is 9.59 Å². The first-order valence-corrected chi connectivity index (χ1v) is 7.02. The predicted molar refractivity (Wildman–Crippen MR) is 78.6 cm³/mol. The molecule has 0 bridgehead atoms. The van der Waals surface area contributed by atoms with Crippen LogP contribution in [-0.4, -0.2) is 58.0 Å². The number of likely N-dealkylation sites (N-methyl/N-ethyl adjacent to an activating group) is 1. The Bertz CT molecular complexity index is 694. The van der Waals surface area contributed by atoms with Crippen LogP contribution in [-0.2, 0) is 16.0 Å². The number of fused-ring (bicyclic) bond motifs is 1. The molecule has 110 valence electrons. The molecule has 1 aromatic carbocycles. The van der Waals surface area contributed by atoms with E-state index in [0.29, 0.717) is 19.5 Å². The first-order valence-electron chi connectivity index (χ1n) is 7.02. The summed E-state index contributed by atoms with van der Waals surface area (Å²) in [5.41, 5.74) is 1.89. The lowest BCUT2D eigenvalue weighted by Gasteiger charge is -2.37. The van der Waals surface area contributed by atoms with Crippen molar-refractivity contribution in [3.8, 4) is 0 Å². The normalized spacial score (nSPS) is 19.3. The average Bonchev–Trinajstić information content (AvgIpc) is 2.92. The fourth-order valence-electron chi connectivity index (χ4n) is 2.73. The molecule has 0 aliphatic carbocycles. The number of aromatic amines is 1. The molecule has 1 aliphatic rings. The molecule has 1 N–H and O–H groups in total. The number of hydrogen-bond donors (Lipinski definition) is 1. The van der Waals surface area contributed by atoms with Crippen LogP contribution in [0.3, 0.4) is 0 Å². The van der Waals surface area contributed by atoms with Crippen molar-refractivity contribution in [3.05, 3.63) is 30.0 Å². The van der Waals surface area contributed by atoms with Crippen LogP contribution >= 0.6 is 0 Å². The van der Waals surface area contributed by atoms with Crippen LogP contribution < -0.4 is 0 Å². The van der Waals surface area contributed by atoms with E-state index in [1.54, 1.807) is 30.0 Å². The Morgan fingerprint density at radius 3 is 3.05 bits per heavy atom. The van der Waals surface area contributed by atoms with Crippen molar-refractivity contribution in [2.24, 2.45) is 0 Å². The van der Waals surface area contributed by atoms with Gasteiger partial charge in [-0.3, -0.25) is 14.7 Å². The van der Waals surface area contributed by atoms with Gasteiger partial charge in [-0.2, -0.15) is 5.10 Å². The number of nitrogens with one attached hydrogen (secondary N) is 1. The molecule has 1 atom stereocenters. The molecule has 1 saturated heterocycles.